The van der Waals surface area contributed by atoms with Crippen molar-refractivity contribution in [3.63, 3.8) is 0 Å². The molecule has 7 heteroatoms. The number of anilines is 1. The van der Waals surface area contributed by atoms with Gasteiger partial charge in [0.2, 0.25) is 15.9 Å². The lowest BCUT2D eigenvalue weighted by molar-refractivity contribution is -0.116. The Bertz CT molecular complexity index is 612. The van der Waals surface area contributed by atoms with Crippen LogP contribution >= 0.6 is 0 Å². The van der Waals surface area contributed by atoms with E-state index in [1.54, 1.807) is 0 Å². The van der Waals surface area contributed by atoms with Gasteiger partial charge in [-0.2, -0.15) is 0 Å². The lowest BCUT2D eigenvalue weighted by Crippen LogP contribution is -2.35. The maximum absolute atomic E-state index is 12.0. The van der Waals surface area contributed by atoms with Crippen LogP contribution < -0.4 is 5.32 Å². The van der Waals surface area contributed by atoms with Gasteiger partial charge in [-0.3, -0.25) is 4.79 Å². The Morgan fingerprint density at radius 1 is 1.08 bits per heavy atom. The van der Waals surface area contributed by atoms with E-state index in [1.807, 2.05) is 43.3 Å². The summed E-state index contributed by atoms with van der Waals surface area (Å²) in [5.41, 5.74) is 1.94. The number of nitrogens with one attached hydrogen (secondary N) is 1. The standard InChI is InChI=1S/C17H29N3O3S/c1-5-15-7-9-16(10-8-15)18-17(21)11-14-20(24(4,22)23)13-6-12-19(2)3/h7-10H,5-6,11-14H2,1-4H3,(H,18,21). The summed E-state index contributed by atoms with van der Waals surface area (Å²) in [6.07, 6.45) is 3.01. The molecule has 0 aliphatic carbocycles. The average molecular weight is 356 g/mol. The van der Waals surface area contributed by atoms with Crippen LogP contribution in [0, 0.1) is 0 Å². The molecule has 0 unspecified atom stereocenters. The fourth-order valence-electron chi connectivity index (χ4n) is 2.28. The number of benzene rings is 1. The van der Waals surface area contributed by atoms with Crippen molar-refractivity contribution in [3.8, 4) is 0 Å². The third-order valence-corrected chi connectivity index (χ3v) is 5.02. The zero-order chi connectivity index (χ0) is 18.2. The summed E-state index contributed by atoms with van der Waals surface area (Å²) in [5, 5.41) is 2.81. The molecule has 1 aromatic carbocycles. The van der Waals surface area contributed by atoms with E-state index in [9.17, 15) is 13.2 Å². The Morgan fingerprint density at radius 3 is 2.21 bits per heavy atom. The molecular weight excluding hydrogens is 326 g/mol. The number of carbonyl (C=O) groups excluding carboxylic acids is 1. The summed E-state index contributed by atoms with van der Waals surface area (Å²) in [7, 11) is 0.587. The number of hydrogen-bond donors (Lipinski definition) is 1. The molecule has 1 N–H and O–H groups in total. The fraction of sp³-hybridized carbons (Fsp3) is 0.588. The topological polar surface area (TPSA) is 69.7 Å². The van der Waals surface area contributed by atoms with Gasteiger partial charge < -0.3 is 10.2 Å². The Hall–Kier alpha value is -1.44. The number of rotatable bonds is 10. The molecule has 0 spiro atoms. The lowest BCUT2D eigenvalue weighted by Gasteiger charge is -2.20. The average Bonchev–Trinajstić information content (AvgIpc) is 2.49. The van der Waals surface area contributed by atoms with Crippen molar-refractivity contribution in [2.45, 2.75) is 26.2 Å². The summed E-state index contributed by atoms with van der Waals surface area (Å²) in [4.78, 5) is 14.0. The highest BCUT2D eigenvalue weighted by Gasteiger charge is 2.17. The SMILES string of the molecule is CCc1ccc(NC(=O)CCN(CCCN(C)C)S(C)(=O)=O)cc1. The van der Waals surface area contributed by atoms with E-state index in [-0.39, 0.29) is 18.9 Å². The Kier molecular flexibility index (Phi) is 8.38. The van der Waals surface area contributed by atoms with Gasteiger partial charge in [-0.1, -0.05) is 19.1 Å². The number of nitrogens with zero attached hydrogens (tertiary/aromatic N) is 2. The third kappa shape index (κ3) is 7.90. The van der Waals surface area contributed by atoms with E-state index in [0.717, 1.165) is 25.1 Å². The normalized spacial score (nSPS) is 11.9. The molecule has 6 nitrogen and oxygen atoms in total. The highest BCUT2D eigenvalue weighted by Crippen LogP contribution is 2.11. The number of sulfonamides is 1. The van der Waals surface area contributed by atoms with Crippen LogP contribution in [0.25, 0.3) is 0 Å². The monoisotopic (exact) mass is 355 g/mol. The van der Waals surface area contributed by atoms with Gasteiger partial charge in [0.05, 0.1) is 6.26 Å². The molecule has 0 heterocycles. The van der Waals surface area contributed by atoms with Crippen LogP contribution in [-0.4, -0.2) is 63.5 Å². The van der Waals surface area contributed by atoms with Crippen molar-refractivity contribution in [1.82, 2.24) is 9.21 Å². The molecule has 0 aliphatic heterocycles. The van der Waals surface area contributed by atoms with Crippen LogP contribution in [0.1, 0.15) is 25.3 Å². The first-order chi connectivity index (χ1) is 11.2. The molecule has 24 heavy (non-hydrogen) atoms. The van der Waals surface area contributed by atoms with Crippen LogP contribution in [-0.2, 0) is 21.2 Å². The fourth-order valence-corrected chi connectivity index (χ4v) is 3.16. The summed E-state index contributed by atoms with van der Waals surface area (Å²) in [6.45, 7) is 3.51. The van der Waals surface area contributed by atoms with Crippen molar-refractivity contribution >= 4 is 21.6 Å². The predicted octanol–water partition coefficient (Wildman–Crippen LogP) is 1.79. The molecule has 0 bridgehead atoms. The van der Waals surface area contributed by atoms with Crippen LogP contribution in [0.4, 0.5) is 5.69 Å². The Morgan fingerprint density at radius 2 is 1.71 bits per heavy atom. The second-order valence-electron chi connectivity index (χ2n) is 6.17. The van der Waals surface area contributed by atoms with Crippen LogP contribution in [0.15, 0.2) is 24.3 Å². The van der Waals surface area contributed by atoms with Crippen molar-refractivity contribution in [2.75, 3.05) is 45.3 Å². The second-order valence-corrected chi connectivity index (χ2v) is 8.15. The molecule has 1 rings (SSSR count). The Labute approximate surface area is 145 Å². The summed E-state index contributed by atoms with van der Waals surface area (Å²) in [5.74, 6) is -0.180. The number of hydrogen-bond acceptors (Lipinski definition) is 4. The molecule has 1 aromatic rings. The highest BCUT2D eigenvalue weighted by atomic mass is 32.2. The van der Waals surface area contributed by atoms with Crippen molar-refractivity contribution in [2.24, 2.45) is 0 Å². The largest absolute Gasteiger partial charge is 0.326 e. The molecule has 0 saturated carbocycles. The highest BCUT2D eigenvalue weighted by molar-refractivity contribution is 7.88. The van der Waals surface area contributed by atoms with Crippen LogP contribution in [0.5, 0.6) is 0 Å². The first kappa shape index (κ1) is 20.6. The van der Waals surface area contributed by atoms with Gasteiger partial charge in [-0.05, 0) is 51.2 Å². The minimum atomic E-state index is -3.31. The maximum atomic E-state index is 12.0. The van der Waals surface area contributed by atoms with E-state index >= 15 is 0 Å². The van der Waals surface area contributed by atoms with Gasteiger partial charge in [-0.25, -0.2) is 12.7 Å². The summed E-state index contributed by atoms with van der Waals surface area (Å²) in [6, 6.07) is 7.67. The van der Waals surface area contributed by atoms with Crippen molar-refractivity contribution in [3.05, 3.63) is 29.8 Å². The zero-order valence-corrected chi connectivity index (χ0v) is 15.9. The molecule has 0 aliphatic rings. The molecule has 0 saturated heterocycles. The minimum absolute atomic E-state index is 0.143. The number of carbonyl (C=O) groups is 1. The van der Waals surface area contributed by atoms with Gasteiger partial charge in [-0.15, -0.1) is 0 Å². The summed E-state index contributed by atoms with van der Waals surface area (Å²) < 4.78 is 25.0. The third-order valence-electron chi connectivity index (χ3n) is 3.72. The summed E-state index contributed by atoms with van der Waals surface area (Å²) >= 11 is 0. The first-order valence-corrected chi connectivity index (χ1v) is 10.1. The molecule has 0 radical (unpaired) electrons. The molecule has 1 amide bonds. The molecule has 0 atom stereocenters. The molecule has 0 fully saturated rings. The van der Waals surface area contributed by atoms with Gasteiger partial charge in [0.25, 0.3) is 0 Å². The van der Waals surface area contributed by atoms with E-state index in [4.69, 9.17) is 0 Å². The van der Waals surface area contributed by atoms with E-state index in [1.165, 1.54) is 16.1 Å². The van der Waals surface area contributed by atoms with Crippen LogP contribution in [0.3, 0.4) is 0 Å². The van der Waals surface area contributed by atoms with E-state index < -0.39 is 10.0 Å². The van der Waals surface area contributed by atoms with Crippen molar-refractivity contribution in [1.29, 1.82) is 0 Å². The van der Waals surface area contributed by atoms with Gasteiger partial charge in [0.15, 0.2) is 0 Å². The molecular formula is C17H29N3O3S. The van der Waals surface area contributed by atoms with Crippen molar-refractivity contribution < 1.29 is 13.2 Å². The van der Waals surface area contributed by atoms with Crippen LogP contribution in [0.2, 0.25) is 0 Å². The smallest absolute Gasteiger partial charge is 0.225 e. The maximum Gasteiger partial charge on any atom is 0.225 e. The number of amides is 1. The van der Waals surface area contributed by atoms with Gasteiger partial charge in [0.1, 0.15) is 0 Å². The van der Waals surface area contributed by atoms with E-state index in [0.29, 0.717) is 6.54 Å². The first-order valence-electron chi connectivity index (χ1n) is 8.21. The van der Waals surface area contributed by atoms with E-state index in [2.05, 4.69) is 12.2 Å². The Balaban J connectivity index is 2.50. The number of aryl methyl sites for hydroxylation is 1. The van der Waals surface area contributed by atoms with Gasteiger partial charge >= 0.3 is 0 Å². The zero-order valence-electron chi connectivity index (χ0n) is 15.1. The minimum Gasteiger partial charge on any atom is -0.326 e. The molecule has 0 aromatic heterocycles. The lowest BCUT2D eigenvalue weighted by atomic mass is 10.1. The quantitative estimate of drug-likeness (QED) is 0.695. The predicted molar refractivity (Wildman–Crippen MR) is 98.7 cm³/mol. The van der Waals surface area contributed by atoms with Gasteiger partial charge in [0, 0.05) is 25.2 Å². The molecule has 136 valence electrons. The second kappa shape index (κ2) is 9.76.